The molecule has 106 valence electrons. The Hall–Kier alpha value is -1.30. The molecule has 0 fully saturated rings. The number of benzene rings is 1. The van der Waals surface area contributed by atoms with Crippen molar-refractivity contribution < 1.29 is 27.4 Å². The SMILES string of the molecule is CC1(C)COc2ccc(C(O)C(F)(F)C(F)F)cc21. The van der Waals surface area contributed by atoms with E-state index in [0.29, 0.717) is 17.9 Å². The molecule has 0 saturated heterocycles. The fraction of sp³-hybridized carbons (Fsp3) is 0.538. The van der Waals surface area contributed by atoms with Crippen LogP contribution in [0, 0.1) is 0 Å². The molecule has 0 amide bonds. The van der Waals surface area contributed by atoms with E-state index in [4.69, 9.17) is 4.74 Å². The van der Waals surface area contributed by atoms with Gasteiger partial charge in [-0.3, -0.25) is 0 Å². The van der Waals surface area contributed by atoms with Crippen LogP contribution in [0.3, 0.4) is 0 Å². The van der Waals surface area contributed by atoms with Crippen molar-refractivity contribution in [3.63, 3.8) is 0 Å². The molecular formula is C13H14F4O2. The lowest BCUT2D eigenvalue weighted by Gasteiger charge is -2.23. The normalized spacial score (nSPS) is 19.2. The van der Waals surface area contributed by atoms with Crippen molar-refractivity contribution in [1.82, 2.24) is 0 Å². The van der Waals surface area contributed by atoms with Crippen LogP contribution in [0.1, 0.15) is 31.1 Å². The van der Waals surface area contributed by atoms with Gasteiger partial charge in [0.2, 0.25) is 0 Å². The Labute approximate surface area is 108 Å². The van der Waals surface area contributed by atoms with Gasteiger partial charge in [-0.15, -0.1) is 0 Å². The summed E-state index contributed by atoms with van der Waals surface area (Å²) in [5.74, 6) is -3.95. The molecule has 19 heavy (non-hydrogen) atoms. The van der Waals surface area contributed by atoms with Crippen molar-refractivity contribution in [2.45, 2.75) is 37.7 Å². The summed E-state index contributed by atoms with van der Waals surface area (Å²) >= 11 is 0. The first-order valence-corrected chi connectivity index (χ1v) is 5.77. The minimum Gasteiger partial charge on any atom is -0.492 e. The molecule has 0 aliphatic carbocycles. The molecule has 1 aliphatic heterocycles. The second-order valence-electron chi connectivity index (χ2n) is 5.31. The number of fused-ring (bicyclic) bond motifs is 1. The van der Waals surface area contributed by atoms with Crippen LogP contribution in [-0.2, 0) is 5.41 Å². The Morgan fingerprint density at radius 3 is 2.53 bits per heavy atom. The second-order valence-corrected chi connectivity index (χ2v) is 5.31. The van der Waals surface area contributed by atoms with E-state index in [-0.39, 0.29) is 5.56 Å². The molecule has 1 atom stereocenters. The van der Waals surface area contributed by atoms with E-state index >= 15 is 0 Å². The zero-order chi connectivity index (χ0) is 14.4. The van der Waals surface area contributed by atoms with E-state index in [2.05, 4.69) is 0 Å². The third kappa shape index (κ3) is 2.29. The molecule has 0 bridgehead atoms. The van der Waals surface area contributed by atoms with Crippen LogP contribution in [0.25, 0.3) is 0 Å². The predicted octanol–water partition coefficient (Wildman–Crippen LogP) is 3.29. The van der Waals surface area contributed by atoms with E-state index in [1.807, 2.05) is 13.8 Å². The van der Waals surface area contributed by atoms with Crippen LogP contribution in [0.5, 0.6) is 5.75 Å². The third-order valence-electron chi connectivity index (χ3n) is 3.29. The number of alkyl halides is 4. The quantitative estimate of drug-likeness (QED) is 0.860. The highest BCUT2D eigenvalue weighted by molar-refractivity contribution is 5.46. The van der Waals surface area contributed by atoms with Gasteiger partial charge in [0.15, 0.2) is 0 Å². The minimum atomic E-state index is -4.47. The van der Waals surface area contributed by atoms with Crippen LogP contribution in [0.4, 0.5) is 17.6 Å². The number of hydrogen-bond acceptors (Lipinski definition) is 2. The molecule has 0 saturated carbocycles. The number of hydrogen-bond donors (Lipinski definition) is 1. The zero-order valence-corrected chi connectivity index (χ0v) is 10.5. The van der Waals surface area contributed by atoms with Crippen LogP contribution >= 0.6 is 0 Å². The standard InChI is InChI=1S/C13H14F4O2/c1-12(2)6-19-9-4-3-7(5-8(9)12)10(18)13(16,17)11(14)15/h3-5,10-11,18H,6H2,1-2H3. The zero-order valence-electron chi connectivity index (χ0n) is 10.5. The molecule has 1 unspecified atom stereocenters. The van der Waals surface area contributed by atoms with Gasteiger partial charge in [0.05, 0.1) is 6.61 Å². The number of rotatable bonds is 3. The average molecular weight is 278 g/mol. The van der Waals surface area contributed by atoms with Crippen LogP contribution < -0.4 is 4.74 Å². The number of ether oxygens (including phenoxy) is 1. The molecule has 0 spiro atoms. The van der Waals surface area contributed by atoms with Crippen molar-refractivity contribution in [1.29, 1.82) is 0 Å². The van der Waals surface area contributed by atoms with E-state index < -0.39 is 23.9 Å². The van der Waals surface area contributed by atoms with Crippen molar-refractivity contribution in [3.8, 4) is 5.75 Å². The van der Waals surface area contributed by atoms with Crippen LogP contribution in [0.15, 0.2) is 18.2 Å². The molecule has 1 N–H and O–H groups in total. The lowest BCUT2D eigenvalue weighted by molar-refractivity contribution is -0.193. The Balaban J connectivity index is 2.38. The summed E-state index contributed by atoms with van der Waals surface area (Å²) in [6.45, 7) is 4.08. The number of aliphatic hydroxyl groups excluding tert-OH is 1. The molecule has 2 nitrogen and oxygen atoms in total. The highest BCUT2D eigenvalue weighted by Crippen LogP contribution is 2.42. The molecule has 6 heteroatoms. The molecule has 1 aromatic carbocycles. The van der Waals surface area contributed by atoms with E-state index in [9.17, 15) is 22.7 Å². The topological polar surface area (TPSA) is 29.5 Å². The van der Waals surface area contributed by atoms with Gasteiger partial charge >= 0.3 is 12.3 Å². The predicted molar refractivity (Wildman–Crippen MR) is 60.9 cm³/mol. The average Bonchev–Trinajstić information content (AvgIpc) is 2.64. The first-order chi connectivity index (χ1) is 8.66. The Morgan fingerprint density at radius 1 is 1.32 bits per heavy atom. The van der Waals surface area contributed by atoms with Crippen molar-refractivity contribution >= 4 is 0 Å². The lowest BCUT2D eigenvalue weighted by atomic mass is 9.85. The largest absolute Gasteiger partial charge is 0.492 e. The summed E-state index contributed by atoms with van der Waals surface area (Å²) in [5.41, 5.74) is 0.00212. The fourth-order valence-electron chi connectivity index (χ4n) is 2.05. The fourth-order valence-corrected chi connectivity index (χ4v) is 2.05. The highest BCUT2D eigenvalue weighted by Gasteiger charge is 2.49. The van der Waals surface area contributed by atoms with Crippen LogP contribution in [0.2, 0.25) is 0 Å². The maximum Gasteiger partial charge on any atom is 0.336 e. The molecule has 2 rings (SSSR count). The highest BCUT2D eigenvalue weighted by atomic mass is 19.3. The first kappa shape index (κ1) is 14.1. The maximum atomic E-state index is 13.1. The van der Waals surface area contributed by atoms with Crippen molar-refractivity contribution in [3.05, 3.63) is 29.3 Å². The smallest absolute Gasteiger partial charge is 0.336 e. The first-order valence-electron chi connectivity index (χ1n) is 5.77. The Kier molecular flexibility index (Phi) is 3.24. The molecule has 1 heterocycles. The molecule has 0 aromatic heterocycles. The van der Waals surface area contributed by atoms with Gasteiger partial charge in [-0.25, -0.2) is 8.78 Å². The summed E-state index contributed by atoms with van der Waals surface area (Å²) in [5, 5.41) is 9.45. The summed E-state index contributed by atoms with van der Waals surface area (Å²) in [6, 6.07) is 3.91. The van der Waals surface area contributed by atoms with E-state index in [1.54, 1.807) is 0 Å². The number of aliphatic hydroxyl groups is 1. The summed E-state index contributed by atoms with van der Waals surface area (Å²) < 4.78 is 56.1. The van der Waals surface area contributed by atoms with Gasteiger partial charge in [0.1, 0.15) is 11.9 Å². The van der Waals surface area contributed by atoms with Crippen LogP contribution in [-0.4, -0.2) is 24.1 Å². The lowest BCUT2D eigenvalue weighted by Crippen LogP contribution is -2.34. The Bertz CT molecular complexity index is 486. The van der Waals surface area contributed by atoms with Crippen molar-refractivity contribution in [2.24, 2.45) is 0 Å². The molecule has 1 aromatic rings. The summed E-state index contributed by atoms with van der Waals surface area (Å²) in [6.07, 6.45) is -6.45. The third-order valence-corrected chi connectivity index (χ3v) is 3.29. The Morgan fingerprint density at radius 2 is 1.95 bits per heavy atom. The summed E-state index contributed by atoms with van der Waals surface area (Å²) in [7, 11) is 0. The van der Waals surface area contributed by atoms with Gasteiger partial charge in [-0.1, -0.05) is 19.9 Å². The van der Waals surface area contributed by atoms with E-state index in [1.165, 1.54) is 18.2 Å². The van der Waals surface area contributed by atoms with E-state index in [0.717, 1.165) is 0 Å². The molecular weight excluding hydrogens is 264 g/mol. The second kappa shape index (κ2) is 4.37. The summed E-state index contributed by atoms with van der Waals surface area (Å²) in [4.78, 5) is 0. The van der Waals surface area contributed by atoms with Gasteiger partial charge in [-0.05, 0) is 17.7 Å². The monoisotopic (exact) mass is 278 g/mol. The maximum absolute atomic E-state index is 13.1. The van der Waals surface area contributed by atoms with Gasteiger partial charge in [0, 0.05) is 11.0 Å². The molecule has 1 aliphatic rings. The van der Waals surface area contributed by atoms with Gasteiger partial charge in [-0.2, -0.15) is 8.78 Å². The van der Waals surface area contributed by atoms with Gasteiger partial charge in [0.25, 0.3) is 0 Å². The van der Waals surface area contributed by atoms with Crippen molar-refractivity contribution in [2.75, 3.05) is 6.61 Å². The molecule has 0 radical (unpaired) electrons. The van der Waals surface area contributed by atoms with Gasteiger partial charge < -0.3 is 9.84 Å². The minimum absolute atomic E-state index is 0.234. The number of halogens is 4.